The highest BCUT2D eigenvalue weighted by Gasteiger charge is 2.22. The quantitative estimate of drug-likeness (QED) is 0.690. The molecule has 0 spiro atoms. The predicted molar refractivity (Wildman–Crippen MR) is 88.8 cm³/mol. The van der Waals surface area contributed by atoms with Gasteiger partial charge in [-0.3, -0.25) is 4.72 Å². The van der Waals surface area contributed by atoms with Gasteiger partial charge in [-0.05, 0) is 30.3 Å². The SMILES string of the molecule is COc1ccc(Cl)cc1S(=O)(=O)Nc1cccn2nc(C(=O)O)nc12. The van der Waals surface area contributed by atoms with Gasteiger partial charge in [0.1, 0.15) is 10.6 Å². The second kappa shape index (κ2) is 6.22. The maximum Gasteiger partial charge on any atom is 0.375 e. The molecule has 2 aromatic heterocycles. The van der Waals surface area contributed by atoms with Crippen LogP contribution in [0.2, 0.25) is 5.02 Å². The van der Waals surface area contributed by atoms with Crippen LogP contribution in [0.15, 0.2) is 41.4 Å². The molecular formula is C14H11ClN4O5S. The number of carbonyl (C=O) groups is 1. The van der Waals surface area contributed by atoms with Crippen molar-refractivity contribution in [3.63, 3.8) is 0 Å². The van der Waals surface area contributed by atoms with Gasteiger partial charge in [-0.2, -0.15) is 4.98 Å². The number of anilines is 1. The Kier molecular flexibility index (Phi) is 4.23. The van der Waals surface area contributed by atoms with Crippen LogP contribution in [0.25, 0.3) is 5.65 Å². The zero-order chi connectivity index (χ0) is 18.2. The summed E-state index contributed by atoms with van der Waals surface area (Å²) in [6.45, 7) is 0. The van der Waals surface area contributed by atoms with E-state index >= 15 is 0 Å². The highest BCUT2D eigenvalue weighted by Crippen LogP contribution is 2.29. The van der Waals surface area contributed by atoms with Crippen molar-refractivity contribution < 1.29 is 23.1 Å². The molecule has 0 aliphatic rings. The van der Waals surface area contributed by atoms with Gasteiger partial charge in [-0.25, -0.2) is 17.7 Å². The van der Waals surface area contributed by atoms with Crippen LogP contribution in [-0.2, 0) is 10.0 Å². The number of sulfonamides is 1. The minimum atomic E-state index is -4.07. The highest BCUT2D eigenvalue weighted by molar-refractivity contribution is 7.92. The van der Waals surface area contributed by atoms with Crippen molar-refractivity contribution in [2.24, 2.45) is 0 Å². The van der Waals surface area contributed by atoms with Crippen LogP contribution in [0.4, 0.5) is 5.69 Å². The van der Waals surface area contributed by atoms with Gasteiger partial charge in [-0.15, -0.1) is 5.10 Å². The number of fused-ring (bicyclic) bond motifs is 1. The summed E-state index contributed by atoms with van der Waals surface area (Å²) in [6, 6.07) is 7.11. The lowest BCUT2D eigenvalue weighted by molar-refractivity contribution is 0.0684. The molecule has 0 aliphatic carbocycles. The molecule has 0 radical (unpaired) electrons. The van der Waals surface area contributed by atoms with E-state index in [4.69, 9.17) is 21.4 Å². The fourth-order valence-electron chi connectivity index (χ4n) is 2.14. The zero-order valence-corrected chi connectivity index (χ0v) is 14.2. The van der Waals surface area contributed by atoms with Gasteiger partial charge < -0.3 is 9.84 Å². The van der Waals surface area contributed by atoms with Gasteiger partial charge in [0.25, 0.3) is 15.8 Å². The van der Waals surface area contributed by atoms with Gasteiger partial charge in [0.15, 0.2) is 5.65 Å². The average Bonchev–Trinajstić information content (AvgIpc) is 3.00. The van der Waals surface area contributed by atoms with Crippen molar-refractivity contribution in [3.05, 3.63) is 47.4 Å². The average molecular weight is 383 g/mol. The molecule has 0 atom stereocenters. The minimum absolute atomic E-state index is 0.0458. The summed E-state index contributed by atoms with van der Waals surface area (Å²) in [4.78, 5) is 14.7. The molecule has 2 heterocycles. The first kappa shape index (κ1) is 17.0. The van der Waals surface area contributed by atoms with Crippen molar-refractivity contribution in [3.8, 4) is 5.75 Å². The van der Waals surface area contributed by atoms with E-state index in [1.807, 2.05) is 0 Å². The molecule has 3 rings (SSSR count). The number of aromatic carboxylic acids is 1. The topological polar surface area (TPSA) is 123 Å². The molecule has 3 aromatic rings. The maximum atomic E-state index is 12.7. The first-order valence-electron chi connectivity index (χ1n) is 6.77. The molecule has 0 aliphatic heterocycles. The molecule has 9 nitrogen and oxygen atoms in total. The lowest BCUT2D eigenvalue weighted by Gasteiger charge is -2.12. The monoisotopic (exact) mass is 382 g/mol. The second-order valence-corrected chi connectivity index (χ2v) is 6.92. The first-order valence-corrected chi connectivity index (χ1v) is 8.63. The zero-order valence-electron chi connectivity index (χ0n) is 12.7. The molecule has 11 heteroatoms. The molecule has 0 saturated carbocycles. The van der Waals surface area contributed by atoms with Crippen molar-refractivity contribution in [1.29, 1.82) is 0 Å². The smallest absolute Gasteiger partial charge is 0.375 e. The molecule has 0 fully saturated rings. The molecule has 1 aromatic carbocycles. The Hall–Kier alpha value is -2.85. The third-order valence-electron chi connectivity index (χ3n) is 3.21. The van der Waals surface area contributed by atoms with E-state index in [-0.39, 0.29) is 27.0 Å². The van der Waals surface area contributed by atoms with Crippen molar-refractivity contribution >= 4 is 38.9 Å². The van der Waals surface area contributed by atoms with Gasteiger partial charge in [0, 0.05) is 11.2 Å². The maximum absolute atomic E-state index is 12.7. The first-order chi connectivity index (χ1) is 11.8. The summed E-state index contributed by atoms with van der Waals surface area (Å²) in [5, 5.41) is 12.9. The van der Waals surface area contributed by atoms with Gasteiger partial charge in [0.05, 0.1) is 12.8 Å². The van der Waals surface area contributed by atoms with Crippen LogP contribution in [0.1, 0.15) is 10.6 Å². The van der Waals surface area contributed by atoms with Gasteiger partial charge in [0.2, 0.25) is 0 Å². The Morgan fingerprint density at radius 1 is 1.36 bits per heavy atom. The largest absolute Gasteiger partial charge is 0.495 e. The third-order valence-corrected chi connectivity index (χ3v) is 4.83. The number of benzene rings is 1. The lowest BCUT2D eigenvalue weighted by atomic mass is 10.3. The van der Waals surface area contributed by atoms with E-state index in [0.717, 1.165) is 4.52 Å². The number of carboxylic acids is 1. The second-order valence-electron chi connectivity index (χ2n) is 4.83. The molecule has 0 bridgehead atoms. The molecule has 130 valence electrons. The van der Waals surface area contributed by atoms with Crippen molar-refractivity contribution in [2.45, 2.75) is 4.90 Å². The van der Waals surface area contributed by atoms with E-state index in [1.165, 1.54) is 43.6 Å². The van der Waals surface area contributed by atoms with Crippen LogP contribution < -0.4 is 9.46 Å². The minimum Gasteiger partial charge on any atom is -0.495 e. The number of methoxy groups -OCH3 is 1. The van der Waals surface area contributed by atoms with E-state index < -0.39 is 21.8 Å². The van der Waals surface area contributed by atoms with Crippen LogP contribution in [-0.4, -0.2) is 41.2 Å². The number of rotatable bonds is 5. The van der Waals surface area contributed by atoms with E-state index in [1.54, 1.807) is 0 Å². The van der Waals surface area contributed by atoms with E-state index in [2.05, 4.69) is 14.8 Å². The van der Waals surface area contributed by atoms with Crippen molar-refractivity contribution in [1.82, 2.24) is 14.6 Å². The standard InChI is InChI=1S/C14H11ClN4O5S/c1-24-10-5-4-8(15)7-11(10)25(22,23)18-9-3-2-6-19-13(9)16-12(17-19)14(20)21/h2-7,18H,1H3,(H,20,21). The number of hydrogen-bond acceptors (Lipinski definition) is 6. The van der Waals surface area contributed by atoms with Crippen molar-refractivity contribution in [2.75, 3.05) is 11.8 Å². The van der Waals surface area contributed by atoms with Crippen LogP contribution in [0, 0.1) is 0 Å². The Morgan fingerprint density at radius 3 is 2.80 bits per heavy atom. The number of ether oxygens (including phenoxy) is 1. The summed E-state index contributed by atoms with van der Waals surface area (Å²) in [6.07, 6.45) is 1.45. The van der Waals surface area contributed by atoms with E-state index in [9.17, 15) is 13.2 Å². The van der Waals surface area contributed by atoms with Gasteiger partial charge in [-0.1, -0.05) is 11.6 Å². The van der Waals surface area contributed by atoms with Crippen LogP contribution >= 0.6 is 11.6 Å². The Balaban J connectivity index is 2.09. The molecular weight excluding hydrogens is 372 g/mol. The number of hydrogen-bond donors (Lipinski definition) is 2. The van der Waals surface area contributed by atoms with E-state index in [0.29, 0.717) is 0 Å². The number of carboxylic acid groups (broad SMARTS) is 1. The van der Waals surface area contributed by atoms with Crippen LogP contribution in [0.5, 0.6) is 5.75 Å². The fourth-order valence-corrected chi connectivity index (χ4v) is 3.63. The molecule has 0 saturated heterocycles. The Bertz CT molecular complexity index is 1080. The molecule has 25 heavy (non-hydrogen) atoms. The summed E-state index contributed by atoms with van der Waals surface area (Å²) in [5.41, 5.74) is 0.106. The number of halogens is 1. The number of nitrogens with one attached hydrogen (secondary N) is 1. The summed E-state index contributed by atoms with van der Waals surface area (Å²) in [5.74, 6) is -1.67. The lowest BCUT2D eigenvalue weighted by Crippen LogP contribution is -2.15. The number of pyridine rings is 1. The molecule has 0 amide bonds. The Labute approximate surface area is 146 Å². The third kappa shape index (κ3) is 3.21. The highest BCUT2D eigenvalue weighted by atomic mass is 35.5. The predicted octanol–water partition coefficient (Wildman–Crippen LogP) is 1.89. The van der Waals surface area contributed by atoms with Gasteiger partial charge >= 0.3 is 5.97 Å². The fraction of sp³-hybridized carbons (Fsp3) is 0.0714. The summed E-state index contributed by atoms with van der Waals surface area (Å²) >= 11 is 5.88. The summed E-state index contributed by atoms with van der Waals surface area (Å²) in [7, 11) is -2.74. The Morgan fingerprint density at radius 2 is 2.12 bits per heavy atom. The normalized spacial score (nSPS) is 11.4. The van der Waals surface area contributed by atoms with Crippen LogP contribution in [0.3, 0.4) is 0 Å². The molecule has 0 unspecified atom stereocenters. The summed E-state index contributed by atoms with van der Waals surface area (Å²) < 4.78 is 34.0. The number of aromatic nitrogens is 3. The molecule has 2 N–H and O–H groups in total. The number of nitrogens with zero attached hydrogens (tertiary/aromatic N) is 3.